The van der Waals surface area contributed by atoms with Gasteiger partial charge in [0.15, 0.2) is 0 Å². The maximum atomic E-state index is 3.96. The summed E-state index contributed by atoms with van der Waals surface area (Å²) in [7, 11) is 0. The van der Waals surface area contributed by atoms with Crippen LogP contribution in [0.2, 0.25) is 0 Å². The van der Waals surface area contributed by atoms with Crippen LogP contribution in [0.5, 0.6) is 0 Å². The number of rotatable bonds is 3. The molecule has 1 aromatic rings. The smallest absolute Gasteiger partial charge is 0.0400 e. The summed E-state index contributed by atoms with van der Waals surface area (Å²) in [6.07, 6.45) is 0. The fourth-order valence-corrected chi connectivity index (χ4v) is 2.15. The van der Waals surface area contributed by atoms with Crippen molar-refractivity contribution in [3.63, 3.8) is 0 Å². The summed E-state index contributed by atoms with van der Waals surface area (Å²) >= 11 is 3.56. The highest BCUT2D eigenvalue weighted by atomic mass is 32.2. The third-order valence-corrected chi connectivity index (χ3v) is 3.03. The average Bonchev–Trinajstić information content (AvgIpc) is 2.38. The van der Waals surface area contributed by atoms with Gasteiger partial charge in [0.2, 0.25) is 0 Å². The largest absolute Gasteiger partial charge is 0.143 e. The Morgan fingerprint density at radius 2 is 2.60 bits per heavy atom. The maximum Gasteiger partial charge on any atom is 0.0400 e. The molecule has 1 rings (SSSR count). The van der Waals surface area contributed by atoms with Crippen LogP contribution in [0.4, 0.5) is 0 Å². The van der Waals surface area contributed by atoms with Gasteiger partial charge in [0, 0.05) is 9.78 Å². The minimum absolute atomic E-state index is 1.11. The lowest BCUT2D eigenvalue weighted by molar-refractivity contribution is 1.54. The molecule has 0 N–H and O–H groups in total. The van der Waals surface area contributed by atoms with Crippen molar-refractivity contribution in [1.82, 2.24) is 0 Å². The Balaban J connectivity index is 2.59. The van der Waals surface area contributed by atoms with Crippen molar-refractivity contribution in [1.29, 1.82) is 0 Å². The Labute approximate surface area is 70.0 Å². The highest BCUT2D eigenvalue weighted by molar-refractivity contribution is 8.08. The standard InChI is InChI=1S/C8H10S2/c1-3-9-7(2)8-5-4-6-10-8/h4-6H,2-3H2,1H3. The number of hydrogen-bond donors (Lipinski definition) is 0. The van der Waals surface area contributed by atoms with Crippen molar-refractivity contribution in [2.75, 3.05) is 5.75 Å². The van der Waals surface area contributed by atoms with E-state index in [-0.39, 0.29) is 0 Å². The first kappa shape index (κ1) is 7.89. The van der Waals surface area contributed by atoms with Gasteiger partial charge in [0.05, 0.1) is 0 Å². The van der Waals surface area contributed by atoms with Gasteiger partial charge < -0.3 is 0 Å². The van der Waals surface area contributed by atoms with E-state index in [0.29, 0.717) is 0 Å². The Bertz CT molecular complexity index is 199. The van der Waals surface area contributed by atoms with Gasteiger partial charge in [-0.3, -0.25) is 0 Å². The van der Waals surface area contributed by atoms with Crippen molar-refractivity contribution in [3.05, 3.63) is 29.0 Å². The first-order valence-electron chi connectivity index (χ1n) is 3.20. The molecule has 0 saturated heterocycles. The second-order valence-corrected chi connectivity index (χ2v) is 4.14. The maximum absolute atomic E-state index is 3.96. The van der Waals surface area contributed by atoms with Gasteiger partial charge >= 0.3 is 0 Å². The van der Waals surface area contributed by atoms with Crippen molar-refractivity contribution in [2.45, 2.75) is 6.92 Å². The van der Waals surface area contributed by atoms with Crippen LogP contribution < -0.4 is 0 Å². The molecule has 0 saturated carbocycles. The topological polar surface area (TPSA) is 0 Å². The van der Waals surface area contributed by atoms with Crippen LogP contribution in [0.15, 0.2) is 24.1 Å². The molecule has 10 heavy (non-hydrogen) atoms. The van der Waals surface area contributed by atoms with Gasteiger partial charge in [-0.25, -0.2) is 0 Å². The molecule has 0 fully saturated rings. The van der Waals surface area contributed by atoms with E-state index in [1.54, 1.807) is 23.1 Å². The normalized spacial score (nSPS) is 9.70. The van der Waals surface area contributed by atoms with E-state index in [4.69, 9.17) is 0 Å². The van der Waals surface area contributed by atoms with E-state index in [1.165, 1.54) is 9.78 Å². The lowest BCUT2D eigenvalue weighted by Crippen LogP contribution is -1.70. The van der Waals surface area contributed by atoms with Gasteiger partial charge in [-0.1, -0.05) is 19.6 Å². The molecule has 0 aliphatic heterocycles. The number of hydrogen-bond acceptors (Lipinski definition) is 2. The predicted octanol–water partition coefficient (Wildman–Crippen LogP) is 3.47. The summed E-state index contributed by atoms with van der Waals surface area (Å²) in [5, 5.41) is 2.08. The molecule has 0 unspecified atom stereocenters. The van der Waals surface area contributed by atoms with Crippen LogP contribution in [0.3, 0.4) is 0 Å². The molecular formula is C8H10S2. The average molecular weight is 170 g/mol. The van der Waals surface area contributed by atoms with E-state index in [1.807, 2.05) is 0 Å². The molecule has 0 spiro atoms. The van der Waals surface area contributed by atoms with E-state index >= 15 is 0 Å². The third-order valence-electron chi connectivity index (χ3n) is 1.11. The van der Waals surface area contributed by atoms with E-state index in [2.05, 4.69) is 31.0 Å². The quantitative estimate of drug-likeness (QED) is 0.669. The van der Waals surface area contributed by atoms with Crippen molar-refractivity contribution < 1.29 is 0 Å². The van der Waals surface area contributed by atoms with Crippen LogP contribution >= 0.6 is 23.1 Å². The van der Waals surface area contributed by atoms with Gasteiger partial charge in [-0.2, -0.15) is 0 Å². The van der Waals surface area contributed by atoms with Crippen LogP contribution in [0, 0.1) is 0 Å². The molecule has 2 heteroatoms. The molecule has 0 nitrogen and oxygen atoms in total. The fourth-order valence-electron chi connectivity index (χ4n) is 0.683. The lowest BCUT2D eigenvalue weighted by atomic mass is 10.5. The van der Waals surface area contributed by atoms with Gasteiger partial charge in [-0.15, -0.1) is 23.1 Å². The molecule has 0 radical (unpaired) electrons. The molecule has 0 atom stereocenters. The van der Waals surface area contributed by atoms with Crippen molar-refractivity contribution >= 4 is 28.0 Å². The molecule has 1 heterocycles. The van der Waals surface area contributed by atoms with Crippen LogP contribution in [-0.2, 0) is 0 Å². The second kappa shape index (κ2) is 3.84. The number of thiophene rings is 1. The monoisotopic (exact) mass is 170 g/mol. The highest BCUT2D eigenvalue weighted by Gasteiger charge is 1.96. The first-order chi connectivity index (χ1) is 4.84. The minimum Gasteiger partial charge on any atom is -0.143 e. The van der Waals surface area contributed by atoms with Gasteiger partial charge in [0.25, 0.3) is 0 Å². The SMILES string of the molecule is C=C(SCC)c1cccs1. The zero-order chi connectivity index (χ0) is 7.40. The Kier molecular flexibility index (Phi) is 3.03. The Hall–Kier alpha value is -0.210. The molecule has 0 bridgehead atoms. The molecule has 1 aromatic heterocycles. The van der Waals surface area contributed by atoms with Crippen molar-refractivity contribution in [2.24, 2.45) is 0 Å². The molecule has 0 aliphatic carbocycles. The van der Waals surface area contributed by atoms with Crippen LogP contribution in [-0.4, -0.2) is 5.75 Å². The lowest BCUT2D eigenvalue weighted by Gasteiger charge is -1.96. The summed E-state index contributed by atoms with van der Waals surface area (Å²) < 4.78 is 0. The Morgan fingerprint density at radius 1 is 1.80 bits per heavy atom. The third kappa shape index (κ3) is 1.89. The fraction of sp³-hybridized carbons (Fsp3) is 0.250. The molecule has 0 amide bonds. The summed E-state index contributed by atoms with van der Waals surface area (Å²) in [5.41, 5.74) is 0. The van der Waals surface area contributed by atoms with Crippen molar-refractivity contribution in [3.8, 4) is 0 Å². The summed E-state index contributed by atoms with van der Waals surface area (Å²) in [6, 6.07) is 4.16. The second-order valence-electron chi connectivity index (χ2n) is 1.83. The Morgan fingerprint density at radius 3 is 3.10 bits per heavy atom. The number of thioether (sulfide) groups is 1. The summed E-state index contributed by atoms with van der Waals surface area (Å²) in [4.78, 5) is 2.49. The first-order valence-corrected chi connectivity index (χ1v) is 5.06. The van der Waals surface area contributed by atoms with Gasteiger partial charge in [-0.05, 0) is 17.2 Å². The molecular weight excluding hydrogens is 160 g/mol. The van der Waals surface area contributed by atoms with E-state index in [9.17, 15) is 0 Å². The van der Waals surface area contributed by atoms with E-state index < -0.39 is 0 Å². The molecule has 54 valence electrons. The zero-order valence-electron chi connectivity index (χ0n) is 5.96. The molecule has 0 aliphatic rings. The summed E-state index contributed by atoms with van der Waals surface area (Å²) in [5.74, 6) is 1.11. The van der Waals surface area contributed by atoms with E-state index in [0.717, 1.165) is 5.75 Å². The highest BCUT2D eigenvalue weighted by Crippen LogP contribution is 2.28. The summed E-state index contributed by atoms with van der Waals surface area (Å²) in [6.45, 7) is 6.10. The minimum atomic E-state index is 1.11. The van der Waals surface area contributed by atoms with Crippen LogP contribution in [0.1, 0.15) is 11.8 Å². The van der Waals surface area contributed by atoms with Crippen LogP contribution in [0.25, 0.3) is 4.91 Å². The molecule has 0 aromatic carbocycles. The van der Waals surface area contributed by atoms with Gasteiger partial charge in [0.1, 0.15) is 0 Å². The zero-order valence-corrected chi connectivity index (χ0v) is 7.60. The predicted molar refractivity (Wildman–Crippen MR) is 51.5 cm³/mol.